The maximum absolute atomic E-state index is 9.08. The summed E-state index contributed by atoms with van der Waals surface area (Å²) in [6.07, 6.45) is 5.26. The van der Waals surface area contributed by atoms with Crippen molar-refractivity contribution >= 4 is 11.8 Å². The standard InChI is InChI=1S/C14H13NS/c1-11-7-8-14(12(9-11)10-15)16-13-5-3-2-4-6-13/h2-6,8-9,11H,7H2,1H3. The summed E-state index contributed by atoms with van der Waals surface area (Å²) in [5.74, 6) is 0.481. The topological polar surface area (TPSA) is 23.8 Å². The van der Waals surface area contributed by atoms with Crippen LogP contribution in [-0.4, -0.2) is 0 Å². The number of rotatable bonds is 2. The first-order valence-electron chi connectivity index (χ1n) is 5.35. The van der Waals surface area contributed by atoms with Gasteiger partial charge in [-0.3, -0.25) is 0 Å². The van der Waals surface area contributed by atoms with Crippen molar-refractivity contribution in [2.24, 2.45) is 5.92 Å². The molecule has 0 amide bonds. The van der Waals surface area contributed by atoms with E-state index in [0.29, 0.717) is 5.92 Å². The molecule has 0 aromatic heterocycles. The fourth-order valence-corrected chi connectivity index (χ4v) is 2.59. The lowest BCUT2D eigenvalue weighted by Crippen LogP contribution is -1.98. The van der Waals surface area contributed by atoms with E-state index in [1.807, 2.05) is 18.2 Å². The van der Waals surface area contributed by atoms with Gasteiger partial charge in [-0.2, -0.15) is 5.26 Å². The van der Waals surface area contributed by atoms with Crippen LogP contribution in [0.5, 0.6) is 0 Å². The fourth-order valence-electron chi connectivity index (χ4n) is 1.64. The fraction of sp³-hybridized carbons (Fsp3) is 0.214. The Labute approximate surface area is 100 Å². The van der Waals surface area contributed by atoms with Crippen LogP contribution in [0, 0.1) is 17.2 Å². The molecule has 80 valence electrons. The zero-order chi connectivity index (χ0) is 11.4. The molecule has 16 heavy (non-hydrogen) atoms. The Bertz CT molecular complexity index is 465. The molecule has 0 spiro atoms. The molecule has 1 aliphatic rings. The highest BCUT2D eigenvalue weighted by Crippen LogP contribution is 2.35. The van der Waals surface area contributed by atoms with Crippen molar-refractivity contribution < 1.29 is 0 Å². The maximum Gasteiger partial charge on any atom is 0.1000 e. The van der Waals surface area contributed by atoms with Crippen molar-refractivity contribution in [3.63, 3.8) is 0 Å². The molecule has 0 saturated carbocycles. The van der Waals surface area contributed by atoms with E-state index in [4.69, 9.17) is 5.26 Å². The Hall–Kier alpha value is -1.46. The van der Waals surface area contributed by atoms with E-state index in [1.54, 1.807) is 11.8 Å². The van der Waals surface area contributed by atoms with Gasteiger partial charge in [0.15, 0.2) is 0 Å². The number of thioether (sulfide) groups is 1. The monoisotopic (exact) mass is 227 g/mol. The van der Waals surface area contributed by atoms with Crippen LogP contribution in [-0.2, 0) is 0 Å². The Morgan fingerprint density at radius 3 is 2.75 bits per heavy atom. The highest BCUT2D eigenvalue weighted by atomic mass is 32.2. The number of benzene rings is 1. The highest BCUT2D eigenvalue weighted by Gasteiger charge is 2.13. The largest absolute Gasteiger partial charge is 0.192 e. The van der Waals surface area contributed by atoms with Crippen LogP contribution in [0.25, 0.3) is 0 Å². The summed E-state index contributed by atoms with van der Waals surface area (Å²) in [5.41, 5.74) is 0.813. The Morgan fingerprint density at radius 2 is 2.06 bits per heavy atom. The molecule has 1 atom stereocenters. The van der Waals surface area contributed by atoms with Crippen molar-refractivity contribution in [2.45, 2.75) is 18.2 Å². The number of nitriles is 1. The summed E-state index contributed by atoms with van der Waals surface area (Å²) in [6.45, 7) is 2.14. The van der Waals surface area contributed by atoms with Gasteiger partial charge in [-0.25, -0.2) is 0 Å². The lowest BCUT2D eigenvalue weighted by atomic mass is 9.99. The van der Waals surface area contributed by atoms with Crippen LogP contribution < -0.4 is 0 Å². The highest BCUT2D eigenvalue weighted by molar-refractivity contribution is 8.03. The number of nitrogens with zero attached hydrogens (tertiary/aromatic N) is 1. The second-order valence-electron chi connectivity index (χ2n) is 3.89. The van der Waals surface area contributed by atoms with Crippen molar-refractivity contribution in [1.29, 1.82) is 5.26 Å². The summed E-state index contributed by atoms with van der Waals surface area (Å²) in [4.78, 5) is 2.27. The molecule has 0 N–H and O–H groups in total. The second-order valence-corrected chi connectivity index (χ2v) is 5.00. The van der Waals surface area contributed by atoms with Gasteiger partial charge in [-0.05, 0) is 24.5 Å². The number of allylic oxidation sites excluding steroid dienone is 3. The van der Waals surface area contributed by atoms with Crippen molar-refractivity contribution in [3.8, 4) is 6.07 Å². The van der Waals surface area contributed by atoms with Gasteiger partial charge in [0.2, 0.25) is 0 Å². The zero-order valence-electron chi connectivity index (χ0n) is 9.18. The normalized spacial score (nSPS) is 19.6. The average molecular weight is 227 g/mol. The van der Waals surface area contributed by atoms with E-state index >= 15 is 0 Å². The van der Waals surface area contributed by atoms with E-state index in [0.717, 1.165) is 16.9 Å². The molecule has 1 aromatic carbocycles. The smallest absolute Gasteiger partial charge is 0.1000 e. The summed E-state index contributed by atoms with van der Waals surface area (Å²) in [6, 6.07) is 12.5. The predicted molar refractivity (Wildman–Crippen MR) is 67.9 cm³/mol. The molecular weight excluding hydrogens is 214 g/mol. The van der Waals surface area contributed by atoms with Gasteiger partial charge in [0, 0.05) is 9.80 Å². The minimum Gasteiger partial charge on any atom is -0.192 e. The van der Waals surface area contributed by atoms with Crippen molar-refractivity contribution in [3.05, 3.63) is 53.0 Å². The van der Waals surface area contributed by atoms with Crippen LogP contribution in [0.2, 0.25) is 0 Å². The molecule has 0 radical (unpaired) electrons. The van der Waals surface area contributed by atoms with Crippen LogP contribution in [0.3, 0.4) is 0 Å². The third-order valence-electron chi connectivity index (χ3n) is 2.48. The van der Waals surface area contributed by atoms with Crippen molar-refractivity contribution in [1.82, 2.24) is 0 Å². The summed E-state index contributed by atoms with van der Waals surface area (Å²) < 4.78 is 0. The maximum atomic E-state index is 9.08. The lowest BCUT2D eigenvalue weighted by molar-refractivity contribution is 0.731. The Morgan fingerprint density at radius 1 is 1.31 bits per heavy atom. The minimum absolute atomic E-state index is 0.481. The predicted octanol–water partition coefficient (Wildman–Crippen LogP) is 4.15. The summed E-state index contributed by atoms with van der Waals surface area (Å²) in [7, 11) is 0. The molecule has 0 heterocycles. The van der Waals surface area contributed by atoms with Gasteiger partial charge in [-0.1, -0.05) is 49.0 Å². The minimum atomic E-state index is 0.481. The van der Waals surface area contributed by atoms with Gasteiger partial charge in [0.25, 0.3) is 0 Å². The molecule has 1 aliphatic carbocycles. The lowest BCUT2D eigenvalue weighted by Gasteiger charge is -2.14. The molecule has 1 aromatic rings. The van der Waals surface area contributed by atoms with Gasteiger partial charge in [-0.15, -0.1) is 0 Å². The Kier molecular flexibility index (Phi) is 3.48. The molecular formula is C14H13NS. The van der Waals surface area contributed by atoms with Crippen LogP contribution in [0.4, 0.5) is 0 Å². The molecule has 2 heteroatoms. The third-order valence-corrected chi connectivity index (χ3v) is 3.60. The average Bonchev–Trinajstić information content (AvgIpc) is 2.33. The first kappa shape index (κ1) is 11.0. The summed E-state index contributed by atoms with van der Waals surface area (Å²) >= 11 is 1.67. The number of hydrogen-bond acceptors (Lipinski definition) is 2. The first-order chi connectivity index (χ1) is 7.79. The molecule has 0 bridgehead atoms. The molecule has 0 aliphatic heterocycles. The second kappa shape index (κ2) is 5.05. The van der Waals surface area contributed by atoms with Gasteiger partial charge in [0.1, 0.15) is 0 Å². The van der Waals surface area contributed by atoms with Gasteiger partial charge < -0.3 is 0 Å². The van der Waals surface area contributed by atoms with E-state index in [9.17, 15) is 0 Å². The van der Waals surface area contributed by atoms with Crippen LogP contribution >= 0.6 is 11.8 Å². The SMILES string of the molecule is CC1C=C(C#N)C(Sc2ccccc2)=CC1. The van der Waals surface area contributed by atoms with Crippen LogP contribution in [0.15, 0.2) is 57.9 Å². The van der Waals surface area contributed by atoms with E-state index in [1.165, 1.54) is 4.90 Å². The molecule has 0 saturated heterocycles. The first-order valence-corrected chi connectivity index (χ1v) is 6.16. The molecule has 1 unspecified atom stereocenters. The van der Waals surface area contributed by atoms with Gasteiger partial charge in [0.05, 0.1) is 11.6 Å². The summed E-state index contributed by atoms with van der Waals surface area (Å²) in [5, 5.41) is 9.08. The molecule has 0 fully saturated rings. The number of hydrogen-bond donors (Lipinski definition) is 0. The quantitative estimate of drug-likeness (QED) is 0.757. The van der Waals surface area contributed by atoms with E-state index in [2.05, 4.69) is 37.3 Å². The van der Waals surface area contributed by atoms with Gasteiger partial charge >= 0.3 is 0 Å². The third kappa shape index (κ3) is 2.56. The molecule has 1 nitrogen and oxygen atoms in total. The zero-order valence-corrected chi connectivity index (χ0v) is 10.00. The Balaban J connectivity index is 2.18. The van der Waals surface area contributed by atoms with E-state index in [-0.39, 0.29) is 0 Å². The van der Waals surface area contributed by atoms with Crippen molar-refractivity contribution in [2.75, 3.05) is 0 Å². The molecule has 2 rings (SSSR count). The van der Waals surface area contributed by atoms with E-state index < -0.39 is 0 Å². The van der Waals surface area contributed by atoms with Crippen LogP contribution in [0.1, 0.15) is 13.3 Å².